The molecule has 0 saturated heterocycles. The first-order chi connectivity index (χ1) is 8.45. The van der Waals surface area contributed by atoms with E-state index >= 15 is 0 Å². The molecule has 0 bridgehead atoms. The Hall–Kier alpha value is -2.70. The molecule has 1 amide bonds. The normalized spacial score (nSPS) is 9.56. The monoisotopic (exact) mass is 250 g/mol. The summed E-state index contributed by atoms with van der Waals surface area (Å²) in [5.74, 6) is -1.66. The molecule has 0 aliphatic carbocycles. The Kier molecular flexibility index (Phi) is 4.14. The number of primary amides is 1. The van der Waals surface area contributed by atoms with Gasteiger partial charge in [-0.15, -0.1) is 0 Å². The van der Waals surface area contributed by atoms with Crippen molar-refractivity contribution in [2.45, 2.75) is 0 Å². The summed E-state index contributed by atoms with van der Waals surface area (Å²) in [7, 11) is 0. The number of rotatable bonds is 5. The van der Waals surface area contributed by atoms with Crippen molar-refractivity contribution in [3.8, 4) is 0 Å². The minimum absolute atomic E-state index is 0.0343. The zero-order valence-electron chi connectivity index (χ0n) is 9.29. The highest BCUT2D eigenvalue weighted by Gasteiger charge is 2.17. The molecule has 94 valence electrons. The average Bonchev–Trinajstić information content (AvgIpc) is 2.35. The van der Waals surface area contributed by atoms with Crippen molar-refractivity contribution < 1.29 is 19.2 Å². The van der Waals surface area contributed by atoms with Gasteiger partial charge in [-0.05, 0) is 6.07 Å². The molecule has 0 unspecified atom stereocenters. The molecular formula is C11H10N2O5. The number of hydrogen-bond acceptors (Lipinski definition) is 5. The molecule has 0 aliphatic rings. The predicted molar refractivity (Wildman–Crippen MR) is 62.1 cm³/mol. The van der Waals surface area contributed by atoms with E-state index in [-0.39, 0.29) is 17.7 Å². The lowest BCUT2D eigenvalue weighted by Crippen LogP contribution is -2.13. The van der Waals surface area contributed by atoms with E-state index < -0.39 is 22.5 Å². The van der Waals surface area contributed by atoms with Crippen LogP contribution in [0.1, 0.15) is 20.7 Å². The van der Waals surface area contributed by atoms with E-state index in [0.717, 1.165) is 18.2 Å². The van der Waals surface area contributed by atoms with Crippen molar-refractivity contribution in [1.29, 1.82) is 0 Å². The van der Waals surface area contributed by atoms with Gasteiger partial charge in [0, 0.05) is 17.7 Å². The van der Waals surface area contributed by atoms with E-state index in [1.807, 2.05) is 0 Å². The Balaban J connectivity index is 3.18. The number of hydrogen-bond donors (Lipinski definition) is 1. The zero-order valence-corrected chi connectivity index (χ0v) is 9.29. The van der Waals surface area contributed by atoms with E-state index in [0.29, 0.717) is 0 Å². The Morgan fingerprint density at radius 1 is 1.39 bits per heavy atom. The number of esters is 1. The van der Waals surface area contributed by atoms with Gasteiger partial charge < -0.3 is 10.5 Å². The smallest absolute Gasteiger partial charge is 0.338 e. The molecule has 0 heterocycles. The Morgan fingerprint density at radius 3 is 2.50 bits per heavy atom. The van der Waals surface area contributed by atoms with Gasteiger partial charge in [0.25, 0.3) is 5.69 Å². The number of non-ortho nitro benzene ring substituents is 1. The van der Waals surface area contributed by atoms with Gasteiger partial charge in [0.05, 0.1) is 10.5 Å². The van der Waals surface area contributed by atoms with Crippen LogP contribution in [-0.4, -0.2) is 23.4 Å². The second-order valence-corrected chi connectivity index (χ2v) is 3.28. The molecule has 1 aromatic carbocycles. The number of nitrogens with two attached hydrogens (primary N) is 1. The molecule has 0 fully saturated rings. The van der Waals surface area contributed by atoms with Crippen molar-refractivity contribution in [1.82, 2.24) is 0 Å². The van der Waals surface area contributed by atoms with Crippen LogP contribution in [0, 0.1) is 10.1 Å². The molecule has 0 radical (unpaired) electrons. The van der Waals surface area contributed by atoms with Gasteiger partial charge in [0.2, 0.25) is 5.91 Å². The van der Waals surface area contributed by atoms with Crippen molar-refractivity contribution >= 4 is 17.6 Å². The lowest BCUT2D eigenvalue weighted by molar-refractivity contribution is -0.384. The summed E-state index contributed by atoms with van der Waals surface area (Å²) in [5.41, 5.74) is 4.38. The molecule has 2 N–H and O–H groups in total. The summed E-state index contributed by atoms with van der Waals surface area (Å²) < 4.78 is 4.72. The number of nitro benzene ring substituents is 1. The summed E-state index contributed by atoms with van der Waals surface area (Å²) >= 11 is 0. The van der Waals surface area contributed by atoms with Gasteiger partial charge >= 0.3 is 5.97 Å². The summed E-state index contributed by atoms with van der Waals surface area (Å²) in [5, 5.41) is 10.6. The molecule has 0 saturated carbocycles. The van der Waals surface area contributed by atoms with E-state index in [9.17, 15) is 19.7 Å². The maximum atomic E-state index is 11.5. The summed E-state index contributed by atoms with van der Waals surface area (Å²) in [4.78, 5) is 32.4. The maximum absolute atomic E-state index is 11.5. The fourth-order valence-corrected chi connectivity index (χ4v) is 1.19. The summed E-state index contributed by atoms with van der Waals surface area (Å²) in [6, 6.07) is 3.14. The standard InChI is InChI=1S/C11H10N2O5/c1-2-3-18-11(15)8-4-7(10(12)14)5-9(6-8)13(16)17/h2,4-6H,1,3H2,(H2,12,14). The molecule has 18 heavy (non-hydrogen) atoms. The number of carbonyl (C=O) groups is 2. The third-order valence-corrected chi connectivity index (χ3v) is 1.98. The predicted octanol–water partition coefficient (Wildman–Crippen LogP) is 1.04. The van der Waals surface area contributed by atoms with Crippen LogP contribution in [0.4, 0.5) is 5.69 Å². The SMILES string of the molecule is C=CCOC(=O)c1cc(C(N)=O)cc([N+](=O)[O-])c1. The molecule has 0 atom stereocenters. The summed E-state index contributed by atoms with van der Waals surface area (Å²) in [6.07, 6.45) is 1.35. The first-order valence-electron chi connectivity index (χ1n) is 4.83. The van der Waals surface area contributed by atoms with Crippen molar-refractivity contribution in [2.75, 3.05) is 6.61 Å². The zero-order chi connectivity index (χ0) is 13.7. The third kappa shape index (κ3) is 3.14. The second kappa shape index (κ2) is 5.58. The van der Waals surface area contributed by atoms with Crippen molar-refractivity contribution in [3.63, 3.8) is 0 Å². The Labute approximate surface area is 102 Å². The van der Waals surface area contributed by atoms with Crippen LogP contribution in [0.25, 0.3) is 0 Å². The third-order valence-electron chi connectivity index (χ3n) is 1.98. The Morgan fingerprint density at radius 2 is 2.00 bits per heavy atom. The van der Waals surface area contributed by atoms with Crippen molar-refractivity contribution in [2.24, 2.45) is 5.73 Å². The van der Waals surface area contributed by atoms with Gasteiger partial charge in [-0.1, -0.05) is 12.7 Å². The van der Waals surface area contributed by atoms with E-state index in [1.54, 1.807) is 0 Å². The molecular weight excluding hydrogens is 240 g/mol. The van der Waals surface area contributed by atoms with Crippen LogP contribution < -0.4 is 5.73 Å². The molecule has 7 nitrogen and oxygen atoms in total. The van der Waals surface area contributed by atoms with Gasteiger partial charge in [-0.25, -0.2) is 4.79 Å². The first-order valence-corrected chi connectivity index (χ1v) is 4.83. The van der Waals surface area contributed by atoms with Gasteiger partial charge in [0.15, 0.2) is 0 Å². The number of benzene rings is 1. The molecule has 1 rings (SSSR count). The quantitative estimate of drug-likeness (QED) is 0.363. The van der Waals surface area contributed by atoms with E-state index in [1.165, 1.54) is 6.08 Å². The molecule has 1 aromatic rings. The largest absolute Gasteiger partial charge is 0.458 e. The number of carbonyl (C=O) groups excluding carboxylic acids is 2. The number of ether oxygens (including phenoxy) is 1. The van der Waals surface area contributed by atoms with Crippen LogP contribution in [0.15, 0.2) is 30.9 Å². The van der Waals surface area contributed by atoms with Gasteiger partial charge in [-0.2, -0.15) is 0 Å². The van der Waals surface area contributed by atoms with E-state index in [4.69, 9.17) is 10.5 Å². The highest BCUT2D eigenvalue weighted by Crippen LogP contribution is 2.17. The molecule has 0 aliphatic heterocycles. The lowest BCUT2D eigenvalue weighted by atomic mass is 10.1. The topological polar surface area (TPSA) is 113 Å². The molecule has 0 aromatic heterocycles. The number of amides is 1. The van der Waals surface area contributed by atoms with E-state index in [2.05, 4.69) is 6.58 Å². The minimum Gasteiger partial charge on any atom is -0.458 e. The number of nitrogens with zero attached hydrogens (tertiary/aromatic N) is 1. The van der Waals surface area contributed by atoms with Crippen LogP contribution in [0.3, 0.4) is 0 Å². The Bertz CT molecular complexity index is 492. The highest BCUT2D eigenvalue weighted by atomic mass is 16.6. The fourth-order valence-electron chi connectivity index (χ4n) is 1.19. The fraction of sp³-hybridized carbons (Fsp3) is 0.0909. The van der Waals surface area contributed by atoms with Gasteiger partial charge in [-0.3, -0.25) is 14.9 Å². The average molecular weight is 250 g/mol. The minimum atomic E-state index is -0.864. The highest BCUT2D eigenvalue weighted by molar-refractivity contribution is 5.98. The maximum Gasteiger partial charge on any atom is 0.338 e. The number of nitro groups is 1. The van der Waals surface area contributed by atoms with Crippen LogP contribution in [-0.2, 0) is 4.74 Å². The van der Waals surface area contributed by atoms with Crippen LogP contribution >= 0.6 is 0 Å². The summed E-state index contributed by atoms with van der Waals surface area (Å²) in [6.45, 7) is 3.32. The molecule has 0 spiro atoms. The van der Waals surface area contributed by atoms with Crippen LogP contribution in [0.5, 0.6) is 0 Å². The van der Waals surface area contributed by atoms with Crippen LogP contribution in [0.2, 0.25) is 0 Å². The van der Waals surface area contributed by atoms with Gasteiger partial charge in [0.1, 0.15) is 6.61 Å². The molecule has 7 heteroatoms. The second-order valence-electron chi connectivity index (χ2n) is 3.28. The van der Waals surface area contributed by atoms with Crippen molar-refractivity contribution in [3.05, 3.63) is 52.1 Å². The lowest BCUT2D eigenvalue weighted by Gasteiger charge is -2.03. The first kappa shape index (κ1) is 13.4.